The average Bonchev–Trinajstić information content (AvgIpc) is 3.48. The van der Waals surface area contributed by atoms with E-state index in [0.717, 1.165) is 39.0 Å². The van der Waals surface area contributed by atoms with Crippen LogP contribution in [0.1, 0.15) is 0 Å². The number of hydrogen-bond donors (Lipinski definition) is 0. The highest BCUT2D eigenvalue weighted by molar-refractivity contribution is 6.11. The van der Waals surface area contributed by atoms with Crippen molar-refractivity contribution < 1.29 is 0 Å². The van der Waals surface area contributed by atoms with Crippen LogP contribution in [0.25, 0.3) is 83.6 Å². The molecule has 0 aliphatic carbocycles. The summed E-state index contributed by atoms with van der Waals surface area (Å²) in [5.74, 6) is 1.92. The summed E-state index contributed by atoms with van der Waals surface area (Å²) in [4.78, 5) is 15.1. The van der Waals surface area contributed by atoms with Crippen LogP contribution in [0.3, 0.4) is 0 Å². The molecular weight excluding hydrogens is 573 g/mol. The van der Waals surface area contributed by atoms with Gasteiger partial charge in [0.1, 0.15) is 0 Å². The van der Waals surface area contributed by atoms with Gasteiger partial charge in [0.05, 0.1) is 16.7 Å². The Morgan fingerprint density at radius 3 is 1.55 bits per heavy atom. The molecule has 0 unspecified atom stereocenters. The zero-order valence-electron chi connectivity index (χ0n) is 25.5. The van der Waals surface area contributed by atoms with Crippen LogP contribution < -0.4 is 0 Å². The van der Waals surface area contributed by atoms with Crippen LogP contribution in [-0.4, -0.2) is 19.5 Å². The molecule has 0 aliphatic rings. The maximum atomic E-state index is 5.08. The smallest absolute Gasteiger partial charge is 0.164 e. The Bertz CT molecular complexity index is 2550. The Kier molecular flexibility index (Phi) is 6.43. The van der Waals surface area contributed by atoms with Crippen molar-refractivity contribution in [3.63, 3.8) is 0 Å². The van der Waals surface area contributed by atoms with Gasteiger partial charge in [-0.2, -0.15) is 0 Å². The van der Waals surface area contributed by atoms with Gasteiger partial charge in [-0.15, -0.1) is 0 Å². The van der Waals surface area contributed by atoms with Crippen LogP contribution in [0.5, 0.6) is 0 Å². The number of para-hydroxylation sites is 1. The van der Waals surface area contributed by atoms with Crippen LogP contribution in [0.15, 0.2) is 170 Å². The standard InChI is InChI=1S/C43H28N4/c1-3-12-29(13-4-1)30-22-24-33(25-23-30)42-44-41(32-15-5-2-6-16-32)45-43(46-42)34-26-27-37-36-19-9-10-20-39(36)47(40(37)28-34)38-21-11-17-31-14-7-8-18-35(31)38/h1-28H. The average molecular weight is 601 g/mol. The van der Waals surface area contributed by atoms with E-state index in [-0.39, 0.29) is 0 Å². The second-order valence-electron chi connectivity index (χ2n) is 11.7. The number of benzene rings is 7. The molecule has 0 N–H and O–H groups in total. The predicted molar refractivity (Wildman–Crippen MR) is 193 cm³/mol. The van der Waals surface area contributed by atoms with E-state index < -0.39 is 0 Å². The van der Waals surface area contributed by atoms with Gasteiger partial charge in [0.15, 0.2) is 17.5 Å². The van der Waals surface area contributed by atoms with Crippen LogP contribution in [-0.2, 0) is 0 Å². The van der Waals surface area contributed by atoms with Gasteiger partial charge in [0.25, 0.3) is 0 Å². The highest BCUT2D eigenvalue weighted by Gasteiger charge is 2.17. The molecule has 2 aromatic heterocycles. The van der Waals surface area contributed by atoms with Crippen molar-refractivity contribution in [2.24, 2.45) is 0 Å². The molecule has 0 radical (unpaired) electrons. The first kappa shape index (κ1) is 27.0. The summed E-state index contributed by atoms with van der Waals surface area (Å²) >= 11 is 0. The van der Waals surface area contributed by atoms with E-state index in [1.807, 2.05) is 36.4 Å². The van der Waals surface area contributed by atoms with Crippen molar-refractivity contribution in [1.29, 1.82) is 0 Å². The van der Waals surface area contributed by atoms with E-state index in [4.69, 9.17) is 15.0 Å². The van der Waals surface area contributed by atoms with E-state index in [1.54, 1.807) is 0 Å². The Morgan fingerprint density at radius 1 is 0.319 bits per heavy atom. The molecule has 7 aromatic carbocycles. The summed E-state index contributed by atoms with van der Waals surface area (Å²) in [6.07, 6.45) is 0. The van der Waals surface area contributed by atoms with Gasteiger partial charge >= 0.3 is 0 Å². The monoisotopic (exact) mass is 600 g/mol. The van der Waals surface area contributed by atoms with Gasteiger partial charge in [-0.3, -0.25) is 0 Å². The van der Waals surface area contributed by atoms with Gasteiger partial charge < -0.3 is 4.57 Å². The van der Waals surface area contributed by atoms with Crippen molar-refractivity contribution in [2.45, 2.75) is 0 Å². The minimum Gasteiger partial charge on any atom is -0.309 e. The predicted octanol–water partition coefficient (Wildman–Crippen LogP) is 10.8. The third kappa shape index (κ3) is 4.75. The summed E-state index contributed by atoms with van der Waals surface area (Å²) in [7, 11) is 0. The van der Waals surface area contributed by atoms with Gasteiger partial charge in [-0.25, -0.2) is 15.0 Å². The molecule has 0 aliphatic heterocycles. The Hall–Kier alpha value is -6.39. The van der Waals surface area contributed by atoms with Crippen molar-refractivity contribution in [3.8, 4) is 51.0 Å². The normalized spacial score (nSPS) is 11.4. The Balaban J connectivity index is 1.25. The van der Waals surface area contributed by atoms with E-state index in [1.165, 1.54) is 27.1 Å². The van der Waals surface area contributed by atoms with E-state index in [2.05, 4.69) is 138 Å². The van der Waals surface area contributed by atoms with Gasteiger partial charge in [-0.1, -0.05) is 152 Å². The number of nitrogens with zero attached hydrogens (tertiary/aromatic N) is 4. The van der Waals surface area contributed by atoms with Gasteiger partial charge in [0.2, 0.25) is 0 Å². The number of hydrogen-bond acceptors (Lipinski definition) is 3. The van der Waals surface area contributed by atoms with Crippen LogP contribution >= 0.6 is 0 Å². The fourth-order valence-electron chi connectivity index (χ4n) is 6.57. The third-order valence-corrected chi connectivity index (χ3v) is 8.86. The molecule has 9 rings (SSSR count). The molecule has 47 heavy (non-hydrogen) atoms. The minimum absolute atomic E-state index is 0.637. The highest BCUT2D eigenvalue weighted by atomic mass is 15.0. The molecular formula is C43H28N4. The zero-order valence-corrected chi connectivity index (χ0v) is 25.5. The summed E-state index contributed by atoms with van der Waals surface area (Å²) in [5, 5.41) is 4.81. The number of aromatic nitrogens is 4. The molecule has 220 valence electrons. The Labute approximate surface area is 272 Å². The first-order valence-electron chi connectivity index (χ1n) is 15.8. The molecule has 4 nitrogen and oxygen atoms in total. The second-order valence-corrected chi connectivity index (χ2v) is 11.7. The highest BCUT2D eigenvalue weighted by Crippen LogP contribution is 2.37. The lowest BCUT2D eigenvalue weighted by Gasteiger charge is -2.12. The lowest BCUT2D eigenvalue weighted by Crippen LogP contribution is -2.00. The van der Waals surface area contributed by atoms with E-state index >= 15 is 0 Å². The quantitative estimate of drug-likeness (QED) is 0.197. The maximum absolute atomic E-state index is 5.08. The fourth-order valence-corrected chi connectivity index (χ4v) is 6.57. The number of fused-ring (bicyclic) bond motifs is 4. The molecule has 2 heterocycles. The zero-order chi connectivity index (χ0) is 31.2. The van der Waals surface area contributed by atoms with Crippen LogP contribution in [0.4, 0.5) is 0 Å². The first-order valence-corrected chi connectivity index (χ1v) is 15.8. The third-order valence-electron chi connectivity index (χ3n) is 8.86. The fraction of sp³-hybridized carbons (Fsp3) is 0. The summed E-state index contributed by atoms with van der Waals surface area (Å²) in [6, 6.07) is 59.2. The molecule has 0 amide bonds. The van der Waals surface area contributed by atoms with Crippen molar-refractivity contribution in [3.05, 3.63) is 170 Å². The molecule has 0 spiro atoms. The SMILES string of the molecule is c1ccc(-c2ccc(-c3nc(-c4ccccc4)nc(-c4ccc5c6ccccc6n(-c6cccc7ccccc67)c5c4)n3)cc2)cc1. The molecule has 0 bridgehead atoms. The summed E-state index contributed by atoms with van der Waals surface area (Å²) in [5.41, 5.74) is 8.57. The molecule has 0 fully saturated rings. The Morgan fingerprint density at radius 2 is 0.809 bits per heavy atom. The molecule has 0 saturated heterocycles. The largest absolute Gasteiger partial charge is 0.309 e. The topological polar surface area (TPSA) is 43.6 Å². The van der Waals surface area contributed by atoms with Crippen molar-refractivity contribution in [1.82, 2.24) is 19.5 Å². The van der Waals surface area contributed by atoms with Gasteiger partial charge in [-0.05, 0) is 34.7 Å². The second kappa shape index (κ2) is 11.2. The minimum atomic E-state index is 0.637. The number of rotatable bonds is 5. The van der Waals surface area contributed by atoms with Crippen molar-refractivity contribution in [2.75, 3.05) is 0 Å². The van der Waals surface area contributed by atoms with Crippen molar-refractivity contribution >= 4 is 32.6 Å². The molecule has 4 heteroatoms. The summed E-state index contributed by atoms with van der Waals surface area (Å²) < 4.78 is 2.37. The molecule has 9 aromatic rings. The lowest BCUT2D eigenvalue weighted by molar-refractivity contribution is 1.07. The molecule has 0 saturated carbocycles. The molecule has 0 atom stereocenters. The van der Waals surface area contributed by atoms with E-state index in [9.17, 15) is 0 Å². The van der Waals surface area contributed by atoms with Crippen LogP contribution in [0.2, 0.25) is 0 Å². The lowest BCUT2D eigenvalue weighted by atomic mass is 10.0. The van der Waals surface area contributed by atoms with E-state index in [0.29, 0.717) is 17.5 Å². The van der Waals surface area contributed by atoms with Gasteiger partial charge in [0, 0.05) is 32.8 Å². The maximum Gasteiger partial charge on any atom is 0.164 e. The van der Waals surface area contributed by atoms with Crippen LogP contribution in [0, 0.1) is 0 Å². The first-order chi connectivity index (χ1) is 23.3. The summed E-state index contributed by atoms with van der Waals surface area (Å²) in [6.45, 7) is 0.